The molecular formula is C20H17ClN4O3. The number of carbonyl (C=O) groups is 2. The Balaban J connectivity index is 1.66. The second kappa shape index (κ2) is 8.96. The molecule has 2 heterocycles. The number of carbonyl (C=O) groups excluding carboxylic acids is 2. The Morgan fingerprint density at radius 2 is 1.89 bits per heavy atom. The van der Waals surface area contributed by atoms with E-state index in [2.05, 4.69) is 20.6 Å². The lowest BCUT2D eigenvalue weighted by Crippen LogP contribution is -2.23. The Morgan fingerprint density at radius 3 is 2.57 bits per heavy atom. The molecule has 3 rings (SSSR count). The maximum Gasteiger partial charge on any atom is 0.337 e. The first-order valence-corrected chi connectivity index (χ1v) is 8.72. The summed E-state index contributed by atoms with van der Waals surface area (Å²) in [4.78, 5) is 32.0. The van der Waals surface area contributed by atoms with Gasteiger partial charge in [-0.25, -0.2) is 9.78 Å². The van der Waals surface area contributed by atoms with Crippen molar-refractivity contribution in [3.05, 3.63) is 82.9 Å². The summed E-state index contributed by atoms with van der Waals surface area (Å²) in [5.41, 5.74) is 2.75. The largest absolute Gasteiger partial charge is 0.465 e. The molecule has 1 aromatic carbocycles. The van der Waals surface area contributed by atoms with Gasteiger partial charge in [0.15, 0.2) is 0 Å². The van der Waals surface area contributed by atoms with Gasteiger partial charge in [0, 0.05) is 18.9 Å². The average Bonchev–Trinajstić information content (AvgIpc) is 2.74. The number of methoxy groups -OCH3 is 1. The van der Waals surface area contributed by atoms with E-state index >= 15 is 0 Å². The van der Waals surface area contributed by atoms with Gasteiger partial charge < -0.3 is 15.4 Å². The summed E-state index contributed by atoms with van der Waals surface area (Å²) in [6.45, 7) is 0.388. The fraction of sp³-hybridized carbons (Fsp3) is 0.100. The first-order chi connectivity index (χ1) is 13.6. The van der Waals surface area contributed by atoms with Crippen molar-refractivity contribution in [1.82, 2.24) is 15.3 Å². The number of rotatable bonds is 6. The molecule has 1 amide bonds. The van der Waals surface area contributed by atoms with Crippen LogP contribution in [0.3, 0.4) is 0 Å². The van der Waals surface area contributed by atoms with Crippen LogP contribution in [-0.2, 0) is 11.3 Å². The zero-order chi connectivity index (χ0) is 19.9. The molecule has 7 nitrogen and oxygen atoms in total. The molecule has 0 fully saturated rings. The number of hydrogen-bond acceptors (Lipinski definition) is 6. The molecule has 0 saturated heterocycles. The highest BCUT2D eigenvalue weighted by molar-refractivity contribution is 6.33. The Morgan fingerprint density at radius 1 is 1.11 bits per heavy atom. The minimum absolute atomic E-state index is 0.283. The molecule has 142 valence electrons. The summed E-state index contributed by atoms with van der Waals surface area (Å²) < 4.78 is 4.71. The molecule has 3 aromatic rings. The molecule has 2 aromatic heterocycles. The highest BCUT2D eigenvalue weighted by atomic mass is 35.5. The SMILES string of the molecule is COC(=O)c1ccc(Cl)c(Nc2ccc(C(=O)NCc3ccncc3)nc2)c1. The fourth-order valence-electron chi connectivity index (χ4n) is 2.40. The third-order valence-electron chi connectivity index (χ3n) is 3.87. The van der Waals surface area contributed by atoms with Gasteiger partial charge in [0.1, 0.15) is 5.69 Å². The normalized spacial score (nSPS) is 10.2. The smallest absolute Gasteiger partial charge is 0.337 e. The number of hydrogen-bond donors (Lipinski definition) is 2. The van der Waals surface area contributed by atoms with Crippen molar-refractivity contribution in [1.29, 1.82) is 0 Å². The van der Waals surface area contributed by atoms with Gasteiger partial charge >= 0.3 is 5.97 Å². The van der Waals surface area contributed by atoms with E-state index in [4.69, 9.17) is 16.3 Å². The highest BCUT2D eigenvalue weighted by Gasteiger charge is 2.11. The third kappa shape index (κ3) is 4.83. The van der Waals surface area contributed by atoms with Crippen molar-refractivity contribution in [3.8, 4) is 0 Å². The summed E-state index contributed by atoms with van der Waals surface area (Å²) >= 11 is 6.17. The van der Waals surface area contributed by atoms with Gasteiger partial charge in [-0.05, 0) is 48.0 Å². The van der Waals surface area contributed by atoms with Crippen LogP contribution in [-0.4, -0.2) is 29.0 Å². The van der Waals surface area contributed by atoms with E-state index < -0.39 is 5.97 Å². The van der Waals surface area contributed by atoms with Crippen LogP contribution in [0.2, 0.25) is 5.02 Å². The van der Waals surface area contributed by atoms with E-state index in [0.29, 0.717) is 28.5 Å². The van der Waals surface area contributed by atoms with Crippen LogP contribution in [0.4, 0.5) is 11.4 Å². The van der Waals surface area contributed by atoms with E-state index in [1.54, 1.807) is 42.7 Å². The predicted molar refractivity (Wildman–Crippen MR) is 106 cm³/mol. The monoisotopic (exact) mass is 396 g/mol. The summed E-state index contributed by atoms with van der Waals surface area (Å²) in [5, 5.41) is 6.31. The Labute approximate surface area is 166 Å². The minimum atomic E-state index is -0.459. The number of nitrogens with one attached hydrogen (secondary N) is 2. The van der Waals surface area contributed by atoms with Crippen LogP contribution in [0.5, 0.6) is 0 Å². The number of ether oxygens (including phenoxy) is 1. The third-order valence-corrected chi connectivity index (χ3v) is 4.19. The van der Waals surface area contributed by atoms with Crippen molar-refractivity contribution in [3.63, 3.8) is 0 Å². The number of pyridine rings is 2. The topological polar surface area (TPSA) is 93.2 Å². The van der Waals surface area contributed by atoms with Crippen molar-refractivity contribution in [2.75, 3.05) is 12.4 Å². The maximum absolute atomic E-state index is 12.2. The standard InChI is InChI=1S/C20H17ClN4O3/c1-28-20(27)14-2-4-16(21)18(10-14)25-15-3-5-17(23-12-15)19(26)24-11-13-6-8-22-9-7-13/h2-10,12,25H,11H2,1H3,(H,24,26). The van der Waals surface area contributed by atoms with E-state index in [0.717, 1.165) is 5.56 Å². The molecule has 0 aliphatic carbocycles. The van der Waals surface area contributed by atoms with Crippen LogP contribution in [0, 0.1) is 0 Å². The van der Waals surface area contributed by atoms with E-state index in [1.165, 1.54) is 13.3 Å². The number of nitrogens with zero attached hydrogens (tertiary/aromatic N) is 2. The summed E-state index contributed by atoms with van der Waals surface area (Å²) in [5.74, 6) is -0.742. The lowest BCUT2D eigenvalue weighted by molar-refractivity contribution is 0.0600. The molecule has 0 aliphatic heterocycles. The van der Waals surface area contributed by atoms with Crippen molar-refractivity contribution in [2.24, 2.45) is 0 Å². The first-order valence-electron chi connectivity index (χ1n) is 8.35. The Bertz CT molecular complexity index is 979. The number of aromatic nitrogens is 2. The quantitative estimate of drug-likeness (QED) is 0.618. The molecule has 0 spiro atoms. The Kier molecular flexibility index (Phi) is 6.18. The average molecular weight is 397 g/mol. The Hall–Kier alpha value is -3.45. The molecule has 2 N–H and O–H groups in total. The number of anilines is 2. The van der Waals surface area contributed by atoms with Gasteiger partial charge in [0.25, 0.3) is 5.91 Å². The van der Waals surface area contributed by atoms with Gasteiger partial charge in [-0.2, -0.15) is 0 Å². The van der Waals surface area contributed by atoms with Crippen molar-refractivity contribution < 1.29 is 14.3 Å². The van der Waals surface area contributed by atoms with Gasteiger partial charge in [-0.1, -0.05) is 11.6 Å². The van der Waals surface area contributed by atoms with Crippen molar-refractivity contribution >= 4 is 34.9 Å². The summed E-state index contributed by atoms with van der Waals surface area (Å²) in [6, 6.07) is 11.7. The van der Waals surface area contributed by atoms with Crippen LogP contribution >= 0.6 is 11.6 Å². The second-order valence-electron chi connectivity index (χ2n) is 5.78. The van der Waals surface area contributed by atoms with Gasteiger partial charge in [-0.15, -0.1) is 0 Å². The molecule has 0 unspecified atom stereocenters. The van der Waals surface area contributed by atoms with Crippen LogP contribution in [0.15, 0.2) is 61.1 Å². The van der Waals surface area contributed by atoms with E-state index in [1.807, 2.05) is 12.1 Å². The minimum Gasteiger partial charge on any atom is -0.465 e. The number of amides is 1. The van der Waals surface area contributed by atoms with Crippen LogP contribution in [0.25, 0.3) is 0 Å². The molecular weight excluding hydrogens is 380 g/mol. The number of esters is 1. The lowest BCUT2D eigenvalue weighted by Gasteiger charge is -2.10. The molecule has 0 saturated carbocycles. The van der Waals surface area contributed by atoms with E-state index in [-0.39, 0.29) is 11.6 Å². The number of halogens is 1. The second-order valence-corrected chi connectivity index (χ2v) is 6.19. The molecule has 0 aliphatic rings. The molecule has 28 heavy (non-hydrogen) atoms. The molecule has 0 radical (unpaired) electrons. The zero-order valence-electron chi connectivity index (χ0n) is 15.0. The van der Waals surface area contributed by atoms with Gasteiger partial charge in [0.2, 0.25) is 0 Å². The summed E-state index contributed by atoms with van der Waals surface area (Å²) in [6.07, 6.45) is 4.85. The predicted octanol–water partition coefficient (Wildman–Crippen LogP) is 3.59. The molecule has 0 bridgehead atoms. The first kappa shape index (κ1) is 19.3. The summed E-state index contributed by atoms with van der Waals surface area (Å²) in [7, 11) is 1.31. The van der Waals surface area contributed by atoms with Crippen molar-refractivity contribution in [2.45, 2.75) is 6.54 Å². The number of benzene rings is 1. The highest BCUT2D eigenvalue weighted by Crippen LogP contribution is 2.26. The van der Waals surface area contributed by atoms with Gasteiger partial charge in [-0.3, -0.25) is 9.78 Å². The lowest BCUT2D eigenvalue weighted by atomic mass is 10.2. The zero-order valence-corrected chi connectivity index (χ0v) is 15.7. The van der Waals surface area contributed by atoms with Crippen LogP contribution < -0.4 is 10.6 Å². The molecule has 0 atom stereocenters. The van der Waals surface area contributed by atoms with Crippen LogP contribution in [0.1, 0.15) is 26.4 Å². The molecule has 8 heteroatoms. The van der Waals surface area contributed by atoms with Gasteiger partial charge in [0.05, 0.1) is 35.3 Å². The maximum atomic E-state index is 12.2. The fourth-order valence-corrected chi connectivity index (χ4v) is 2.56. The van der Waals surface area contributed by atoms with E-state index in [9.17, 15) is 9.59 Å².